The van der Waals surface area contributed by atoms with Crippen molar-refractivity contribution in [2.24, 2.45) is 0 Å². The standard InChI is InChI=1S/C14H11F3N2O2/c15-14(16,17)11-3-1-9(2-4-11)13(20)19-6-5-12-10(8-19)7-18-21-12/h1-4,7H,5-6,8H2. The Bertz CT molecular complexity index is 662. The summed E-state index contributed by atoms with van der Waals surface area (Å²) in [6.07, 6.45) is -2.28. The molecular weight excluding hydrogens is 285 g/mol. The van der Waals surface area contributed by atoms with Crippen LogP contribution in [-0.4, -0.2) is 22.5 Å². The molecule has 21 heavy (non-hydrogen) atoms. The molecule has 0 radical (unpaired) electrons. The summed E-state index contributed by atoms with van der Waals surface area (Å²) in [4.78, 5) is 13.9. The Labute approximate surface area is 118 Å². The molecule has 1 aliphatic heterocycles. The third-order valence-electron chi connectivity index (χ3n) is 3.45. The topological polar surface area (TPSA) is 46.3 Å². The summed E-state index contributed by atoms with van der Waals surface area (Å²) < 4.78 is 42.5. The summed E-state index contributed by atoms with van der Waals surface area (Å²) in [7, 11) is 0. The average Bonchev–Trinajstić information content (AvgIpc) is 2.93. The van der Waals surface area contributed by atoms with Crippen LogP contribution in [0.25, 0.3) is 0 Å². The summed E-state index contributed by atoms with van der Waals surface area (Å²) in [5, 5.41) is 3.67. The molecule has 3 rings (SSSR count). The van der Waals surface area contributed by atoms with Gasteiger partial charge in [-0.3, -0.25) is 4.79 Å². The maximum Gasteiger partial charge on any atom is 0.416 e. The fraction of sp³-hybridized carbons (Fsp3) is 0.286. The predicted octanol–water partition coefficient (Wildman–Crippen LogP) is 2.89. The highest BCUT2D eigenvalue weighted by Crippen LogP contribution is 2.29. The van der Waals surface area contributed by atoms with Crippen molar-refractivity contribution in [3.05, 3.63) is 52.9 Å². The van der Waals surface area contributed by atoms with E-state index in [4.69, 9.17) is 4.52 Å². The number of benzene rings is 1. The van der Waals surface area contributed by atoms with Crippen molar-refractivity contribution in [3.63, 3.8) is 0 Å². The number of amides is 1. The van der Waals surface area contributed by atoms with E-state index >= 15 is 0 Å². The minimum atomic E-state index is -4.40. The van der Waals surface area contributed by atoms with Gasteiger partial charge in [-0.1, -0.05) is 5.16 Å². The molecule has 110 valence electrons. The predicted molar refractivity (Wildman–Crippen MR) is 66.4 cm³/mol. The third-order valence-corrected chi connectivity index (χ3v) is 3.45. The molecule has 2 heterocycles. The van der Waals surface area contributed by atoms with Gasteiger partial charge in [-0.05, 0) is 24.3 Å². The maximum atomic E-state index is 12.5. The lowest BCUT2D eigenvalue weighted by Gasteiger charge is -2.25. The van der Waals surface area contributed by atoms with Crippen LogP contribution < -0.4 is 0 Å². The molecule has 2 aromatic rings. The number of hydrogen-bond acceptors (Lipinski definition) is 3. The van der Waals surface area contributed by atoms with Crippen LogP contribution in [0.15, 0.2) is 35.0 Å². The molecule has 0 saturated heterocycles. The lowest BCUT2D eigenvalue weighted by molar-refractivity contribution is -0.137. The van der Waals surface area contributed by atoms with Crippen molar-refractivity contribution < 1.29 is 22.5 Å². The van der Waals surface area contributed by atoms with Gasteiger partial charge in [0.05, 0.1) is 18.3 Å². The van der Waals surface area contributed by atoms with Gasteiger partial charge < -0.3 is 9.42 Å². The Kier molecular flexibility index (Phi) is 3.19. The smallest absolute Gasteiger partial charge is 0.361 e. The van der Waals surface area contributed by atoms with Gasteiger partial charge in [0.15, 0.2) is 0 Å². The van der Waals surface area contributed by atoms with Crippen LogP contribution in [0.3, 0.4) is 0 Å². The molecule has 0 aliphatic carbocycles. The number of halogens is 3. The molecule has 0 fully saturated rings. The minimum absolute atomic E-state index is 0.239. The number of nitrogens with zero attached hydrogens (tertiary/aromatic N) is 2. The van der Waals surface area contributed by atoms with Gasteiger partial charge >= 0.3 is 6.18 Å². The fourth-order valence-electron chi connectivity index (χ4n) is 2.30. The Balaban J connectivity index is 1.77. The van der Waals surface area contributed by atoms with Gasteiger partial charge in [0.1, 0.15) is 5.76 Å². The number of aromatic nitrogens is 1. The zero-order chi connectivity index (χ0) is 15.0. The van der Waals surface area contributed by atoms with E-state index in [2.05, 4.69) is 5.16 Å². The van der Waals surface area contributed by atoms with E-state index in [1.54, 1.807) is 11.1 Å². The second-order valence-corrected chi connectivity index (χ2v) is 4.83. The lowest BCUT2D eigenvalue weighted by atomic mass is 10.1. The van der Waals surface area contributed by atoms with E-state index < -0.39 is 11.7 Å². The zero-order valence-electron chi connectivity index (χ0n) is 10.9. The summed E-state index contributed by atoms with van der Waals surface area (Å²) in [6, 6.07) is 4.24. The van der Waals surface area contributed by atoms with Gasteiger partial charge in [0.2, 0.25) is 0 Å². The fourth-order valence-corrected chi connectivity index (χ4v) is 2.30. The van der Waals surface area contributed by atoms with Crippen molar-refractivity contribution in [1.29, 1.82) is 0 Å². The van der Waals surface area contributed by atoms with Gasteiger partial charge in [0, 0.05) is 24.1 Å². The van der Waals surface area contributed by atoms with E-state index in [1.807, 2.05) is 0 Å². The molecule has 1 aliphatic rings. The Morgan fingerprint density at radius 1 is 1.24 bits per heavy atom. The van der Waals surface area contributed by atoms with Crippen molar-refractivity contribution >= 4 is 5.91 Å². The minimum Gasteiger partial charge on any atom is -0.361 e. The monoisotopic (exact) mass is 296 g/mol. The van der Waals surface area contributed by atoms with Crippen LogP contribution >= 0.6 is 0 Å². The maximum absolute atomic E-state index is 12.5. The third kappa shape index (κ3) is 2.63. The van der Waals surface area contributed by atoms with Gasteiger partial charge in [0.25, 0.3) is 5.91 Å². The second kappa shape index (κ2) is 4.91. The van der Waals surface area contributed by atoms with Crippen LogP contribution in [0.4, 0.5) is 13.2 Å². The lowest BCUT2D eigenvalue weighted by Crippen LogP contribution is -2.35. The number of alkyl halides is 3. The van der Waals surface area contributed by atoms with E-state index in [1.165, 1.54) is 12.1 Å². The molecule has 0 spiro atoms. The normalized spacial score (nSPS) is 14.9. The van der Waals surface area contributed by atoms with E-state index in [-0.39, 0.29) is 11.5 Å². The number of carbonyl (C=O) groups excluding carboxylic acids is 1. The van der Waals surface area contributed by atoms with E-state index in [0.29, 0.717) is 19.5 Å². The van der Waals surface area contributed by atoms with Crippen molar-refractivity contribution in [2.75, 3.05) is 6.54 Å². The summed E-state index contributed by atoms with van der Waals surface area (Å²) in [5.74, 6) is 0.460. The van der Waals surface area contributed by atoms with Gasteiger partial charge in [-0.25, -0.2) is 0 Å². The molecule has 0 bridgehead atoms. The van der Waals surface area contributed by atoms with Crippen LogP contribution in [0.1, 0.15) is 27.2 Å². The first-order valence-electron chi connectivity index (χ1n) is 6.34. The van der Waals surface area contributed by atoms with Crippen molar-refractivity contribution in [2.45, 2.75) is 19.1 Å². The molecule has 0 N–H and O–H groups in total. The summed E-state index contributed by atoms with van der Waals surface area (Å²) in [5.41, 5.74) is 0.309. The highest BCUT2D eigenvalue weighted by Gasteiger charge is 2.31. The Morgan fingerprint density at radius 2 is 1.95 bits per heavy atom. The van der Waals surface area contributed by atoms with Crippen molar-refractivity contribution in [3.8, 4) is 0 Å². The number of rotatable bonds is 1. The largest absolute Gasteiger partial charge is 0.416 e. The van der Waals surface area contributed by atoms with Gasteiger partial charge in [-0.2, -0.15) is 13.2 Å². The van der Waals surface area contributed by atoms with E-state index in [0.717, 1.165) is 23.5 Å². The SMILES string of the molecule is O=C(c1ccc(C(F)(F)F)cc1)N1CCc2oncc2C1. The average molecular weight is 296 g/mol. The Hall–Kier alpha value is -2.31. The highest BCUT2D eigenvalue weighted by molar-refractivity contribution is 5.94. The molecule has 1 amide bonds. The summed E-state index contributed by atoms with van der Waals surface area (Å²) in [6.45, 7) is 0.820. The number of carbonyl (C=O) groups is 1. The molecular formula is C14H11F3N2O2. The van der Waals surface area contributed by atoms with Crippen LogP contribution in [0, 0.1) is 0 Å². The summed E-state index contributed by atoms with van der Waals surface area (Å²) >= 11 is 0. The number of hydrogen-bond donors (Lipinski definition) is 0. The first kappa shape index (κ1) is 13.7. The first-order chi connectivity index (χ1) is 9.95. The van der Waals surface area contributed by atoms with E-state index in [9.17, 15) is 18.0 Å². The molecule has 1 aromatic carbocycles. The highest BCUT2D eigenvalue weighted by atomic mass is 19.4. The van der Waals surface area contributed by atoms with Crippen LogP contribution in [0.2, 0.25) is 0 Å². The molecule has 0 atom stereocenters. The molecule has 0 unspecified atom stereocenters. The molecule has 7 heteroatoms. The zero-order valence-corrected chi connectivity index (χ0v) is 10.9. The Morgan fingerprint density at radius 3 is 2.62 bits per heavy atom. The van der Waals surface area contributed by atoms with Crippen molar-refractivity contribution in [1.82, 2.24) is 10.1 Å². The van der Waals surface area contributed by atoms with Crippen LogP contribution in [-0.2, 0) is 19.1 Å². The first-order valence-corrected chi connectivity index (χ1v) is 6.34. The quantitative estimate of drug-likeness (QED) is 0.813. The molecule has 0 saturated carbocycles. The second-order valence-electron chi connectivity index (χ2n) is 4.83. The van der Waals surface area contributed by atoms with Gasteiger partial charge in [-0.15, -0.1) is 0 Å². The molecule has 1 aromatic heterocycles. The molecule has 4 nitrogen and oxygen atoms in total. The number of fused-ring (bicyclic) bond motifs is 1. The van der Waals surface area contributed by atoms with Crippen LogP contribution in [0.5, 0.6) is 0 Å².